The molecule has 0 bridgehead atoms. The van der Waals surface area contributed by atoms with Crippen molar-refractivity contribution in [3.05, 3.63) is 23.8 Å². The number of morpholine rings is 1. The molecule has 1 aliphatic heterocycles. The van der Waals surface area contributed by atoms with Crippen LogP contribution in [0.15, 0.2) is 18.2 Å². The minimum atomic E-state index is 0.118. The van der Waals surface area contributed by atoms with Crippen molar-refractivity contribution in [2.75, 3.05) is 31.6 Å². The second-order valence-corrected chi connectivity index (χ2v) is 7.00. The van der Waals surface area contributed by atoms with Crippen LogP contribution < -0.4 is 5.32 Å². The van der Waals surface area contributed by atoms with Crippen LogP contribution in [-0.2, 0) is 16.1 Å². The van der Waals surface area contributed by atoms with Crippen LogP contribution >= 0.6 is 11.3 Å². The molecule has 1 aliphatic carbocycles. The van der Waals surface area contributed by atoms with E-state index in [9.17, 15) is 4.79 Å². The summed E-state index contributed by atoms with van der Waals surface area (Å²) in [7, 11) is 0. The molecule has 0 spiro atoms. The number of hydrogen-bond donors (Lipinski definition) is 1. The van der Waals surface area contributed by atoms with Crippen LogP contribution in [0.5, 0.6) is 0 Å². The molecule has 0 unspecified atom stereocenters. The van der Waals surface area contributed by atoms with Crippen LogP contribution in [0.3, 0.4) is 0 Å². The van der Waals surface area contributed by atoms with Gasteiger partial charge in [-0.15, -0.1) is 0 Å². The minimum absolute atomic E-state index is 0.118. The first kappa shape index (κ1) is 14.1. The van der Waals surface area contributed by atoms with Gasteiger partial charge in [0.1, 0.15) is 0 Å². The van der Waals surface area contributed by atoms with Gasteiger partial charge in [-0.25, -0.2) is 4.98 Å². The van der Waals surface area contributed by atoms with Gasteiger partial charge >= 0.3 is 0 Å². The average Bonchev–Trinajstić information content (AvgIpc) is 3.30. The van der Waals surface area contributed by atoms with E-state index in [0.29, 0.717) is 0 Å². The lowest BCUT2D eigenvalue weighted by molar-refractivity contribution is -0.117. The summed E-state index contributed by atoms with van der Waals surface area (Å²) in [5.74, 6) is 0.330. The Hall–Kier alpha value is -1.50. The number of ether oxygens (including phenoxy) is 1. The van der Waals surface area contributed by atoms with E-state index in [2.05, 4.69) is 27.3 Å². The summed E-state index contributed by atoms with van der Waals surface area (Å²) >= 11 is 1.56. The summed E-state index contributed by atoms with van der Waals surface area (Å²) in [6, 6.07) is 6.37. The number of rotatable bonds is 4. The number of anilines is 1. The molecule has 1 aromatic carbocycles. The van der Waals surface area contributed by atoms with Crippen LogP contribution in [0.4, 0.5) is 5.13 Å². The molecule has 1 saturated heterocycles. The number of amides is 1. The number of thiazole rings is 1. The molecule has 4 rings (SSSR count). The van der Waals surface area contributed by atoms with Crippen LogP contribution in [-0.4, -0.2) is 42.1 Å². The number of benzene rings is 1. The zero-order chi connectivity index (χ0) is 14.9. The summed E-state index contributed by atoms with van der Waals surface area (Å²) in [5, 5.41) is 3.65. The second-order valence-electron chi connectivity index (χ2n) is 5.97. The molecule has 0 radical (unpaired) electrons. The van der Waals surface area contributed by atoms with E-state index in [4.69, 9.17) is 4.74 Å². The molecule has 5 nitrogen and oxygen atoms in total. The van der Waals surface area contributed by atoms with Gasteiger partial charge in [0.25, 0.3) is 0 Å². The smallest absolute Gasteiger partial charge is 0.229 e. The molecular formula is C16H19N3O2S. The van der Waals surface area contributed by atoms with Gasteiger partial charge in [0.05, 0.1) is 23.4 Å². The summed E-state index contributed by atoms with van der Waals surface area (Å²) < 4.78 is 6.52. The molecule has 1 N–H and O–H groups in total. The van der Waals surface area contributed by atoms with E-state index < -0.39 is 0 Å². The monoisotopic (exact) mass is 317 g/mol. The quantitative estimate of drug-likeness (QED) is 0.941. The van der Waals surface area contributed by atoms with Crippen molar-refractivity contribution < 1.29 is 9.53 Å². The number of carbonyl (C=O) groups excluding carboxylic acids is 1. The lowest BCUT2D eigenvalue weighted by Gasteiger charge is -2.26. The Morgan fingerprint density at radius 2 is 2.18 bits per heavy atom. The molecule has 6 heteroatoms. The molecule has 116 valence electrons. The van der Waals surface area contributed by atoms with Gasteiger partial charge in [-0.1, -0.05) is 17.4 Å². The molecule has 2 heterocycles. The van der Waals surface area contributed by atoms with Crippen molar-refractivity contribution >= 4 is 32.6 Å². The third kappa shape index (κ3) is 3.14. The van der Waals surface area contributed by atoms with Gasteiger partial charge in [0.15, 0.2) is 5.13 Å². The fourth-order valence-corrected chi connectivity index (χ4v) is 3.62. The van der Waals surface area contributed by atoms with Crippen LogP contribution in [0.25, 0.3) is 10.2 Å². The number of nitrogens with zero attached hydrogens (tertiary/aromatic N) is 2. The highest BCUT2D eigenvalue weighted by Crippen LogP contribution is 2.32. The van der Waals surface area contributed by atoms with E-state index in [-0.39, 0.29) is 11.8 Å². The predicted molar refractivity (Wildman–Crippen MR) is 87.1 cm³/mol. The number of hydrogen-bond acceptors (Lipinski definition) is 5. The van der Waals surface area contributed by atoms with E-state index in [1.54, 1.807) is 11.3 Å². The summed E-state index contributed by atoms with van der Waals surface area (Å²) in [6.45, 7) is 4.56. The molecular weight excluding hydrogens is 298 g/mol. The molecule has 1 aromatic heterocycles. The van der Waals surface area contributed by atoms with E-state index in [1.807, 2.05) is 6.07 Å². The van der Waals surface area contributed by atoms with E-state index in [1.165, 1.54) is 5.56 Å². The highest BCUT2D eigenvalue weighted by atomic mass is 32.1. The van der Waals surface area contributed by atoms with E-state index in [0.717, 1.165) is 61.0 Å². The minimum Gasteiger partial charge on any atom is -0.379 e. The predicted octanol–water partition coefficient (Wildman–Crippen LogP) is 2.48. The Morgan fingerprint density at radius 3 is 2.95 bits per heavy atom. The van der Waals surface area contributed by atoms with Crippen LogP contribution in [0.2, 0.25) is 0 Å². The molecule has 0 atom stereocenters. The number of aromatic nitrogens is 1. The Bertz CT molecular complexity index is 690. The van der Waals surface area contributed by atoms with E-state index >= 15 is 0 Å². The molecule has 22 heavy (non-hydrogen) atoms. The van der Waals surface area contributed by atoms with Crippen molar-refractivity contribution in [1.82, 2.24) is 9.88 Å². The molecule has 2 aliphatic rings. The number of nitrogens with one attached hydrogen (secondary N) is 1. The fraction of sp³-hybridized carbons (Fsp3) is 0.500. The molecule has 1 amide bonds. The third-order valence-corrected chi connectivity index (χ3v) is 5.07. The highest BCUT2D eigenvalue weighted by molar-refractivity contribution is 7.22. The first-order chi connectivity index (χ1) is 10.8. The Balaban J connectivity index is 1.48. The largest absolute Gasteiger partial charge is 0.379 e. The summed E-state index contributed by atoms with van der Waals surface area (Å²) in [5.41, 5.74) is 2.25. The van der Waals surface area contributed by atoms with Gasteiger partial charge in [-0.2, -0.15) is 0 Å². The molecule has 1 saturated carbocycles. The maximum atomic E-state index is 11.8. The van der Waals surface area contributed by atoms with Crippen molar-refractivity contribution in [3.8, 4) is 0 Å². The maximum absolute atomic E-state index is 11.8. The summed E-state index contributed by atoms with van der Waals surface area (Å²) in [6.07, 6.45) is 2.03. The number of carbonyl (C=O) groups is 1. The second kappa shape index (κ2) is 5.95. The zero-order valence-electron chi connectivity index (χ0n) is 12.4. The first-order valence-electron chi connectivity index (χ1n) is 7.78. The van der Waals surface area contributed by atoms with Gasteiger partial charge in [-0.3, -0.25) is 9.69 Å². The standard InChI is InChI=1S/C16H19N3O2S/c20-15(12-2-3-12)18-16-17-13-4-1-11(9-14(13)22-16)10-19-5-7-21-8-6-19/h1,4,9,12H,2-3,5-8,10H2,(H,17,18,20). The lowest BCUT2D eigenvalue weighted by Crippen LogP contribution is -2.35. The Kier molecular flexibility index (Phi) is 3.82. The average molecular weight is 317 g/mol. The highest BCUT2D eigenvalue weighted by Gasteiger charge is 2.30. The SMILES string of the molecule is O=C(Nc1nc2ccc(CN3CCOCC3)cc2s1)C1CC1. The third-order valence-electron chi connectivity index (χ3n) is 4.14. The van der Waals surface area contributed by atoms with Gasteiger partial charge in [-0.05, 0) is 30.5 Å². The van der Waals surface area contributed by atoms with Crippen LogP contribution in [0.1, 0.15) is 18.4 Å². The zero-order valence-corrected chi connectivity index (χ0v) is 13.2. The van der Waals surface area contributed by atoms with Crippen LogP contribution in [0, 0.1) is 5.92 Å². The van der Waals surface area contributed by atoms with Crippen molar-refractivity contribution in [3.63, 3.8) is 0 Å². The topological polar surface area (TPSA) is 54.5 Å². The normalized spacial score (nSPS) is 19.5. The Morgan fingerprint density at radius 1 is 1.36 bits per heavy atom. The van der Waals surface area contributed by atoms with Crippen molar-refractivity contribution in [2.45, 2.75) is 19.4 Å². The van der Waals surface area contributed by atoms with Crippen molar-refractivity contribution in [2.24, 2.45) is 5.92 Å². The molecule has 2 aromatic rings. The summed E-state index contributed by atoms with van der Waals surface area (Å²) in [4.78, 5) is 18.7. The molecule has 2 fully saturated rings. The lowest BCUT2D eigenvalue weighted by atomic mass is 10.2. The van der Waals surface area contributed by atoms with Crippen molar-refractivity contribution in [1.29, 1.82) is 0 Å². The first-order valence-corrected chi connectivity index (χ1v) is 8.60. The number of fused-ring (bicyclic) bond motifs is 1. The fourth-order valence-electron chi connectivity index (χ4n) is 2.69. The maximum Gasteiger partial charge on any atom is 0.229 e. The van der Waals surface area contributed by atoms with Gasteiger partial charge < -0.3 is 10.1 Å². The van der Waals surface area contributed by atoms with Gasteiger partial charge in [0, 0.05) is 25.6 Å². The Labute approximate surface area is 133 Å². The van der Waals surface area contributed by atoms with Gasteiger partial charge in [0.2, 0.25) is 5.91 Å².